The van der Waals surface area contributed by atoms with Crippen LogP contribution in [0.2, 0.25) is 18.1 Å². The summed E-state index contributed by atoms with van der Waals surface area (Å²) in [5.74, 6) is 7.82. The summed E-state index contributed by atoms with van der Waals surface area (Å²) in [5.41, 5.74) is 6.49. The number of hydrogen-bond donors (Lipinski definition) is 0. The fourth-order valence-electron chi connectivity index (χ4n) is 3.60. The van der Waals surface area contributed by atoms with Crippen molar-refractivity contribution >= 4 is 8.32 Å². The summed E-state index contributed by atoms with van der Waals surface area (Å²) >= 11 is 0. The largest absolute Gasteiger partial charge is 0.543 e. The van der Waals surface area contributed by atoms with Gasteiger partial charge in [-0.25, -0.2) is 0 Å². The van der Waals surface area contributed by atoms with E-state index in [-0.39, 0.29) is 5.04 Å². The molecule has 0 amide bonds. The van der Waals surface area contributed by atoms with Crippen molar-refractivity contribution in [1.29, 1.82) is 0 Å². The first-order valence-corrected chi connectivity index (χ1v) is 14.7. The molecule has 4 aromatic carbocycles. The minimum absolute atomic E-state index is 0.110. The molecule has 170 valence electrons. The molecule has 0 N–H and O–H groups in total. The molecular formula is C32H32OSi. The van der Waals surface area contributed by atoms with Crippen molar-refractivity contribution in [3.63, 3.8) is 0 Å². The van der Waals surface area contributed by atoms with Crippen molar-refractivity contribution in [3.05, 3.63) is 114 Å². The van der Waals surface area contributed by atoms with Crippen LogP contribution >= 0.6 is 0 Å². The van der Waals surface area contributed by atoms with E-state index in [1.165, 1.54) is 0 Å². The van der Waals surface area contributed by atoms with Crippen LogP contribution < -0.4 is 4.43 Å². The fraction of sp³-hybridized carbons (Fsp3) is 0.188. The Labute approximate surface area is 205 Å². The molecule has 0 radical (unpaired) electrons. The number of rotatable bonds is 4. The summed E-state index contributed by atoms with van der Waals surface area (Å²) in [6.45, 7) is 11.4. The number of benzene rings is 4. The van der Waals surface area contributed by atoms with Crippen LogP contribution in [0.25, 0.3) is 22.3 Å². The van der Waals surface area contributed by atoms with E-state index in [2.05, 4.69) is 106 Å². The van der Waals surface area contributed by atoms with E-state index in [0.717, 1.165) is 39.1 Å². The average Bonchev–Trinajstić information content (AvgIpc) is 2.83. The second-order valence-corrected chi connectivity index (χ2v) is 14.8. The third-order valence-electron chi connectivity index (χ3n) is 6.57. The Morgan fingerprint density at radius 3 is 1.50 bits per heavy atom. The van der Waals surface area contributed by atoms with Crippen molar-refractivity contribution in [2.75, 3.05) is 0 Å². The summed E-state index contributed by atoms with van der Waals surface area (Å²) in [7, 11) is -2.02. The van der Waals surface area contributed by atoms with Gasteiger partial charge in [0.2, 0.25) is 8.32 Å². The van der Waals surface area contributed by atoms with Crippen LogP contribution in [-0.2, 0) is 0 Å². The van der Waals surface area contributed by atoms with E-state index in [0.29, 0.717) is 0 Å². The van der Waals surface area contributed by atoms with E-state index in [9.17, 15) is 0 Å². The lowest BCUT2D eigenvalue weighted by atomic mass is 9.91. The predicted octanol–water partition coefficient (Wildman–Crippen LogP) is 8.80. The highest BCUT2D eigenvalue weighted by atomic mass is 28.4. The summed E-state index contributed by atoms with van der Waals surface area (Å²) in [5, 5.41) is 0.110. The first kappa shape index (κ1) is 23.6. The van der Waals surface area contributed by atoms with E-state index in [1.54, 1.807) is 0 Å². The van der Waals surface area contributed by atoms with Gasteiger partial charge in [0.1, 0.15) is 5.75 Å². The molecule has 0 heterocycles. The lowest BCUT2D eigenvalue weighted by Gasteiger charge is -2.36. The van der Waals surface area contributed by atoms with Crippen LogP contribution in [0.1, 0.15) is 31.9 Å². The molecule has 2 heteroatoms. The topological polar surface area (TPSA) is 9.23 Å². The van der Waals surface area contributed by atoms with E-state index in [4.69, 9.17) is 4.43 Å². The standard InChI is InChI=1S/C32H32OSi/c1-32(2,3)34(4,5)33-28-23-30(26-17-11-7-12-18-26)29(22-21-25-15-9-6-10-16-25)31(24-28)27-19-13-8-14-20-27/h6-20,23-24H,1-5H3. The van der Waals surface area contributed by atoms with Crippen molar-refractivity contribution in [2.45, 2.75) is 38.9 Å². The maximum Gasteiger partial charge on any atom is 0.250 e. The van der Waals surface area contributed by atoms with Crippen molar-refractivity contribution < 1.29 is 4.43 Å². The van der Waals surface area contributed by atoms with Gasteiger partial charge in [-0.05, 0) is 53.5 Å². The molecule has 0 atom stereocenters. The Balaban J connectivity index is 1.97. The van der Waals surface area contributed by atoms with Crippen LogP contribution in [0.4, 0.5) is 0 Å². The molecule has 0 aromatic heterocycles. The van der Waals surface area contributed by atoms with Gasteiger partial charge < -0.3 is 4.43 Å². The van der Waals surface area contributed by atoms with Crippen LogP contribution in [0.3, 0.4) is 0 Å². The molecule has 0 saturated heterocycles. The Hall–Kier alpha value is -3.54. The Kier molecular flexibility index (Phi) is 6.77. The molecule has 0 aliphatic rings. The van der Waals surface area contributed by atoms with E-state index in [1.807, 2.05) is 42.5 Å². The Morgan fingerprint density at radius 1 is 0.618 bits per heavy atom. The maximum atomic E-state index is 6.80. The van der Waals surface area contributed by atoms with Crippen LogP contribution in [0.5, 0.6) is 5.75 Å². The fourth-order valence-corrected chi connectivity index (χ4v) is 4.62. The summed E-state index contributed by atoms with van der Waals surface area (Å²) in [4.78, 5) is 0. The first-order valence-electron chi connectivity index (χ1n) is 11.8. The van der Waals surface area contributed by atoms with Gasteiger partial charge in [-0.15, -0.1) is 0 Å². The highest BCUT2D eigenvalue weighted by Gasteiger charge is 2.39. The Bertz CT molecular complexity index is 1250. The van der Waals surface area contributed by atoms with Gasteiger partial charge in [-0.3, -0.25) is 0 Å². The highest BCUT2D eigenvalue weighted by Crippen LogP contribution is 2.41. The molecule has 1 nitrogen and oxygen atoms in total. The van der Waals surface area contributed by atoms with Crippen molar-refractivity contribution in [3.8, 4) is 39.8 Å². The third-order valence-corrected chi connectivity index (χ3v) is 10.9. The zero-order valence-electron chi connectivity index (χ0n) is 20.7. The lowest BCUT2D eigenvalue weighted by molar-refractivity contribution is 0.492. The molecule has 34 heavy (non-hydrogen) atoms. The van der Waals surface area contributed by atoms with Gasteiger partial charge in [0.05, 0.1) is 0 Å². The second kappa shape index (κ2) is 9.75. The van der Waals surface area contributed by atoms with Gasteiger partial charge in [0.25, 0.3) is 0 Å². The first-order chi connectivity index (χ1) is 16.2. The monoisotopic (exact) mass is 460 g/mol. The predicted molar refractivity (Wildman–Crippen MR) is 148 cm³/mol. The summed E-state index contributed by atoms with van der Waals surface area (Å²) < 4.78 is 6.80. The van der Waals surface area contributed by atoms with E-state index >= 15 is 0 Å². The molecular weight excluding hydrogens is 428 g/mol. The van der Waals surface area contributed by atoms with Gasteiger partial charge in [-0.2, -0.15) is 0 Å². The van der Waals surface area contributed by atoms with Crippen LogP contribution in [0.15, 0.2) is 103 Å². The molecule has 0 saturated carbocycles. The molecule has 4 rings (SSSR count). The molecule has 0 aliphatic heterocycles. The normalized spacial score (nSPS) is 11.4. The highest BCUT2D eigenvalue weighted by molar-refractivity contribution is 6.74. The molecule has 0 spiro atoms. The van der Waals surface area contributed by atoms with Crippen molar-refractivity contribution in [1.82, 2.24) is 0 Å². The lowest BCUT2D eigenvalue weighted by Crippen LogP contribution is -2.43. The summed E-state index contributed by atoms with van der Waals surface area (Å²) in [6, 6.07) is 35.5. The number of hydrogen-bond acceptors (Lipinski definition) is 1. The minimum Gasteiger partial charge on any atom is -0.543 e. The molecule has 0 unspecified atom stereocenters. The second-order valence-electron chi connectivity index (χ2n) is 10.1. The smallest absolute Gasteiger partial charge is 0.250 e. The van der Waals surface area contributed by atoms with Gasteiger partial charge in [-0.1, -0.05) is 111 Å². The SMILES string of the molecule is CC(C)(C)[Si](C)(C)Oc1cc(-c2ccccc2)c(C#Cc2ccccc2)c(-c2ccccc2)c1. The Morgan fingerprint density at radius 2 is 1.06 bits per heavy atom. The quantitative estimate of drug-likeness (QED) is 0.218. The average molecular weight is 461 g/mol. The van der Waals surface area contributed by atoms with Gasteiger partial charge in [0, 0.05) is 22.3 Å². The molecule has 0 fully saturated rings. The van der Waals surface area contributed by atoms with Crippen LogP contribution in [0, 0.1) is 11.8 Å². The van der Waals surface area contributed by atoms with Gasteiger partial charge >= 0.3 is 0 Å². The minimum atomic E-state index is -2.02. The zero-order chi connectivity index (χ0) is 24.2. The molecule has 0 bridgehead atoms. The van der Waals surface area contributed by atoms with E-state index < -0.39 is 8.32 Å². The van der Waals surface area contributed by atoms with Crippen LogP contribution in [-0.4, -0.2) is 8.32 Å². The molecule has 0 aliphatic carbocycles. The zero-order valence-corrected chi connectivity index (χ0v) is 21.7. The van der Waals surface area contributed by atoms with Crippen molar-refractivity contribution in [2.24, 2.45) is 0 Å². The maximum absolute atomic E-state index is 6.80. The van der Waals surface area contributed by atoms with Gasteiger partial charge in [0.15, 0.2) is 0 Å². The summed E-state index contributed by atoms with van der Waals surface area (Å²) in [6.07, 6.45) is 0. The molecule has 4 aromatic rings. The third kappa shape index (κ3) is 5.33.